The normalized spacial score (nSPS) is 12.1. The Hall–Kier alpha value is -2.44. The Bertz CT molecular complexity index is 862. The molecule has 3 rings (SSSR count). The maximum Gasteiger partial charge on any atom is 0.165 e. The highest BCUT2D eigenvalue weighted by Crippen LogP contribution is 2.34. The van der Waals surface area contributed by atoms with Crippen LogP contribution in [0.3, 0.4) is 0 Å². The molecular formula is C19H22N4OS. The second kappa shape index (κ2) is 7.63. The molecule has 0 radical (unpaired) electrons. The molecule has 25 heavy (non-hydrogen) atoms. The van der Waals surface area contributed by atoms with Crippen molar-refractivity contribution < 1.29 is 5.11 Å². The number of hydrogen-bond donors (Lipinski definition) is 3. The predicted molar refractivity (Wildman–Crippen MR) is 104 cm³/mol. The molecule has 6 heteroatoms. The standard InChI is InChI=1S/C19H22N4OS/c1-3-14(20)11-22-18-8-9-21-19(23-18)15-10-13(5-6-16(15)24)17-7-4-12(2)25-17/h4-10,14,24H,3,11,20H2,1-2H3,(H,21,22,23)/t14-/m0/s1. The molecule has 0 unspecified atom stereocenters. The number of phenolic OH excluding ortho intramolecular Hbond substituents is 1. The summed E-state index contributed by atoms with van der Waals surface area (Å²) in [5.41, 5.74) is 7.60. The number of nitrogens with zero attached hydrogens (tertiary/aromatic N) is 2. The quantitative estimate of drug-likeness (QED) is 0.622. The van der Waals surface area contributed by atoms with Crippen molar-refractivity contribution in [1.82, 2.24) is 9.97 Å². The van der Waals surface area contributed by atoms with Crippen molar-refractivity contribution in [3.05, 3.63) is 47.5 Å². The number of aryl methyl sites for hydroxylation is 1. The predicted octanol–water partition coefficient (Wildman–Crippen LogP) is 4.04. The van der Waals surface area contributed by atoms with Gasteiger partial charge in [-0.05, 0) is 55.3 Å². The van der Waals surface area contributed by atoms with E-state index in [1.165, 1.54) is 4.88 Å². The summed E-state index contributed by atoms with van der Waals surface area (Å²) in [6, 6.07) is 11.6. The smallest absolute Gasteiger partial charge is 0.165 e. The van der Waals surface area contributed by atoms with Gasteiger partial charge < -0.3 is 16.2 Å². The number of nitrogens with two attached hydrogens (primary N) is 1. The van der Waals surface area contributed by atoms with Crippen molar-refractivity contribution >= 4 is 17.2 Å². The van der Waals surface area contributed by atoms with Gasteiger partial charge >= 0.3 is 0 Å². The molecule has 130 valence electrons. The van der Waals surface area contributed by atoms with E-state index in [-0.39, 0.29) is 11.8 Å². The van der Waals surface area contributed by atoms with E-state index in [4.69, 9.17) is 5.73 Å². The molecular weight excluding hydrogens is 332 g/mol. The molecule has 1 aromatic carbocycles. The summed E-state index contributed by atoms with van der Waals surface area (Å²) in [5.74, 6) is 1.35. The molecule has 1 atom stereocenters. The fourth-order valence-electron chi connectivity index (χ4n) is 2.43. The number of aromatic hydroxyl groups is 1. The monoisotopic (exact) mass is 354 g/mol. The third-order valence-electron chi connectivity index (χ3n) is 3.99. The third-order valence-corrected chi connectivity index (χ3v) is 5.04. The van der Waals surface area contributed by atoms with E-state index >= 15 is 0 Å². The Morgan fingerprint density at radius 2 is 2.08 bits per heavy atom. The van der Waals surface area contributed by atoms with Crippen LogP contribution in [0.5, 0.6) is 5.75 Å². The molecule has 2 aromatic heterocycles. The number of benzene rings is 1. The minimum absolute atomic E-state index is 0.0808. The highest BCUT2D eigenvalue weighted by atomic mass is 32.1. The van der Waals surface area contributed by atoms with Crippen molar-refractivity contribution in [1.29, 1.82) is 0 Å². The summed E-state index contributed by atoms with van der Waals surface area (Å²) in [5, 5.41) is 13.5. The topological polar surface area (TPSA) is 84.1 Å². The van der Waals surface area contributed by atoms with Gasteiger partial charge in [0, 0.05) is 28.5 Å². The van der Waals surface area contributed by atoms with Crippen LogP contribution in [-0.2, 0) is 0 Å². The van der Waals surface area contributed by atoms with E-state index in [1.807, 2.05) is 19.1 Å². The number of hydrogen-bond acceptors (Lipinski definition) is 6. The van der Waals surface area contributed by atoms with Crippen LogP contribution in [0.15, 0.2) is 42.6 Å². The summed E-state index contributed by atoms with van der Waals surface area (Å²) in [6.07, 6.45) is 2.58. The fourth-order valence-corrected chi connectivity index (χ4v) is 3.29. The molecule has 2 heterocycles. The zero-order chi connectivity index (χ0) is 17.8. The average molecular weight is 354 g/mol. The first-order valence-electron chi connectivity index (χ1n) is 8.29. The van der Waals surface area contributed by atoms with Gasteiger partial charge in [0.05, 0.1) is 5.56 Å². The van der Waals surface area contributed by atoms with Crippen molar-refractivity contribution in [2.45, 2.75) is 26.3 Å². The van der Waals surface area contributed by atoms with E-state index in [0.717, 1.165) is 16.9 Å². The second-order valence-electron chi connectivity index (χ2n) is 5.96. The van der Waals surface area contributed by atoms with Gasteiger partial charge in [0.25, 0.3) is 0 Å². The number of phenols is 1. The van der Waals surface area contributed by atoms with Gasteiger partial charge in [0.1, 0.15) is 11.6 Å². The lowest BCUT2D eigenvalue weighted by molar-refractivity contribution is 0.477. The van der Waals surface area contributed by atoms with E-state index < -0.39 is 0 Å². The fraction of sp³-hybridized carbons (Fsp3) is 0.263. The van der Waals surface area contributed by atoms with Crippen LogP contribution in [0.1, 0.15) is 18.2 Å². The molecule has 0 saturated carbocycles. The molecule has 0 aliphatic rings. The van der Waals surface area contributed by atoms with Crippen LogP contribution in [-0.4, -0.2) is 27.7 Å². The van der Waals surface area contributed by atoms with E-state index in [2.05, 4.69) is 34.3 Å². The summed E-state index contributed by atoms with van der Waals surface area (Å²) < 4.78 is 0. The SMILES string of the molecule is CC[C@H](N)CNc1ccnc(-c2cc(-c3ccc(C)s3)ccc2O)n1. The minimum Gasteiger partial charge on any atom is -0.507 e. The molecule has 0 fully saturated rings. The van der Waals surface area contributed by atoms with Gasteiger partial charge in [-0.15, -0.1) is 11.3 Å². The Kier molecular flexibility index (Phi) is 5.31. The van der Waals surface area contributed by atoms with Gasteiger partial charge in [-0.1, -0.05) is 6.92 Å². The number of thiophene rings is 1. The zero-order valence-corrected chi connectivity index (χ0v) is 15.2. The van der Waals surface area contributed by atoms with Crippen LogP contribution in [0.4, 0.5) is 5.82 Å². The van der Waals surface area contributed by atoms with Gasteiger partial charge in [-0.25, -0.2) is 9.97 Å². The molecule has 0 bridgehead atoms. The molecule has 0 amide bonds. The lowest BCUT2D eigenvalue weighted by Crippen LogP contribution is -2.28. The third kappa shape index (κ3) is 4.15. The van der Waals surface area contributed by atoms with Crippen LogP contribution >= 0.6 is 11.3 Å². The first-order chi connectivity index (χ1) is 12.1. The van der Waals surface area contributed by atoms with Crippen molar-refractivity contribution in [3.8, 4) is 27.6 Å². The molecule has 0 spiro atoms. The van der Waals surface area contributed by atoms with E-state index in [0.29, 0.717) is 23.8 Å². The maximum atomic E-state index is 10.3. The molecule has 3 aromatic rings. The summed E-state index contributed by atoms with van der Waals surface area (Å²) in [6.45, 7) is 4.77. The minimum atomic E-state index is 0.0808. The summed E-state index contributed by atoms with van der Waals surface area (Å²) in [4.78, 5) is 11.2. The number of anilines is 1. The first-order valence-corrected chi connectivity index (χ1v) is 9.11. The zero-order valence-electron chi connectivity index (χ0n) is 14.4. The molecule has 0 aliphatic heterocycles. The summed E-state index contributed by atoms with van der Waals surface area (Å²) >= 11 is 1.72. The van der Waals surface area contributed by atoms with Crippen molar-refractivity contribution in [3.63, 3.8) is 0 Å². The Balaban J connectivity index is 1.90. The van der Waals surface area contributed by atoms with Crippen molar-refractivity contribution in [2.24, 2.45) is 5.73 Å². The lowest BCUT2D eigenvalue weighted by Gasteiger charge is -2.12. The van der Waals surface area contributed by atoms with Gasteiger partial charge in [-0.2, -0.15) is 0 Å². The van der Waals surface area contributed by atoms with Gasteiger partial charge in [-0.3, -0.25) is 0 Å². The van der Waals surface area contributed by atoms with Crippen LogP contribution in [0.2, 0.25) is 0 Å². The maximum absolute atomic E-state index is 10.3. The molecule has 5 nitrogen and oxygen atoms in total. The number of rotatable bonds is 6. The molecule has 0 aliphatic carbocycles. The first kappa shape index (κ1) is 17.4. The molecule has 4 N–H and O–H groups in total. The van der Waals surface area contributed by atoms with Crippen molar-refractivity contribution in [2.75, 3.05) is 11.9 Å². The second-order valence-corrected chi connectivity index (χ2v) is 7.24. The summed E-state index contributed by atoms with van der Waals surface area (Å²) in [7, 11) is 0. The van der Waals surface area contributed by atoms with Crippen LogP contribution < -0.4 is 11.1 Å². The van der Waals surface area contributed by atoms with E-state index in [1.54, 1.807) is 29.7 Å². The highest BCUT2D eigenvalue weighted by Gasteiger charge is 2.11. The number of nitrogens with one attached hydrogen (secondary N) is 1. The van der Waals surface area contributed by atoms with Gasteiger partial charge in [0.15, 0.2) is 5.82 Å². The highest BCUT2D eigenvalue weighted by molar-refractivity contribution is 7.15. The Morgan fingerprint density at radius 3 is 2.80 bits per heavy atom. The van der Waals surface area contributed by atoms with E-state index in [9.17, 15) is 5.11 Å². The van der Waals surface area contributed by atoms with Gasteiger partial charge in [0.2, 0.25) is 0 Å². The number of aromatic nitrogens is 2. The molecule has 0 saturated heterocycles. The largest absolute Gasteiger partial charge is 0.507 e. The Morgan fingerprint density at radius 1 is 1.24 bits per heavy atom. The average Bonchev–Trinajstić information content (AvgIpc) is 3.06. The Labute approximate surface area is 151 Å². The van der Waals surface area contributed by atoms with Crippen LogP contribution in [0, 0.1) is 6.92 Å². The lowest BCUT2D eigenvalue weighted by atomic mass is 10.1. The van der Waals surface area contributed by atoms with Crippen LogP contribution in [0.25, 0.3) is 21.8 Å².